The zero-order valence-electron chi connectivity index (χ0n) is 6.45. The van der Waals surface area contributed by atoms with Gasteiger partial charge in [0.15, 0.2) is 5.75 Å². The molecule has 0 bridgehead atoms. The maximum atomic E-state index is 5.57. The van der Waals surface area contributed by atoms with Crippen molar-refractivity contribution in [3.63, 3.8) is 0 Å². The number of fused-ring (bicyclic) bond motifs is 1. The smallest absolute Gasteiger partial charge is 0.261 e. The minimum atomic E-state index is 0.0171. The van der Waals surface area contributed by atoms with Gasteiger partial charge < -0.3 is 9.47 Å². The summed E-state index contributed by atoms with van der Waals surface area (Å²) in [7, 11) is 0. The second kappa shape index (κ2) is 2.79. The molecule has 2 rings (SSSR count). The lowest BCUT2D eigenvalue weighted by molar-refractivity contribution is 0.0970. The lowest BCUT2D eigenvalue weighted by Gasteiger charge is -2.21. The van der Waals surface area contributed by atoms with Gasteiger partial charge in [0, 0.05) is 0 Å². The first-order valence-corrected chi connectivity index (χ1v) is 3.95. The molecule has 0 spiro atoms. The van der Waals surface area contributed by atoms with Gasteiger partial charge in [0.25, 0.3) is 5.88 Å². The highest BCUT2D eigenvalue weighted by Crippen LogP contribution is 2.28. The normalized spacial score (nSPS) is 20.7. The number of ether oxygens (including phenoxy) is 2. The van der Waals surface area contributed by atoms with E-state index in [0.717, 1.165) is 0 Å². The fourth-order valence-electron chi connectivity index (χ4n) is 0.950. The summed E-state index contributed by atoms with van der Waals surface area (Å²) in [6.07, 6.45) is 1.53. The summed E-state index contributed by atoms with van der Waals surface area (Å²) in [6, 6.07) is 0. The maximum absolute atomic E-state index is 5.57. The molecule has 64 valence electrons. The maximum Gasteiger partial charge on any atom is 0.261 e. The zero-order chi connectivity index (χ0) is 8.55. The van der Waals surface area contributed by atoms with Crippen LogP contribution in [0.3, 0.4) is 0 Å². The Kier molecular flexibility index (Phi) is 1.77. The van der Waals surface area contributed by atoms with Crippen LogP contribution < -0.4 is 9.47 Å². The van der Waals surface area contributed by atoms with Crippen LogP contribution in [-0.2, 0) is 0 Å². The van der Waals surface area contributed by atoms with E-state index in [2.05, 4.69) is 9.97 Å². The zero-order valence-corrected chi connectivity index (χ0v) is 7.21. The number of nitrogens with zero attached hydrogens (tertiary/aromatic N) is 2. The van der Waals surface area contributed by atoms with Crippen LogP contribution in [0.15, 0.2) is 6.20 Å². The molecule has 0 N–H and O–H groups in total. The van der Waals surface area contributed by atoms with Crippen LogP contribution in [0.5, 0.6) is 11.6 Å². The van der Waals surface area contributed by atoms with E-state index >= 15 is 0 Å². The summed E-state index contributed by atoms with van der Waals surface area (Å²) in [5.41, 5.74) is 0. The summed E-state index contributed by atoms with van der Waals surface area (Å²) in [5, 5.41) is 0.173. The van der Waals surface area contributed by atoms with Crippen LogP contribution in [-0.4, -0.2) is 22.7 Å². The first-order valence-electron chi connectivity index (χ1n) is 3.57. The van der Waals surface area contributed by atoms with E-state index in [1.54, 1.807) is 0 Å². The van der Waals surface area contributed by atoms with Crippen LogP contribution in [0.1, 0.15) is 6.92 Å². The van der Waals surface area contributed by atoms with Crippen molar-refractivity contribution in [3.05, 3.63) is 11.5 Å². The lowest BCUT2D eigenvalue weighted by atomic mass is 10.4. The predicted molar refractivity (Wildman–Crippen MR) is 42.6 cm³/mol. The van der Waals surface area contributed by atoms with Gasteiger partial charge in [-0.3, -0.25) is 0 Å². The third kappa shape index (κ3) is 1.30. The van der Waals surface area contributed by atoms with E-state index in [1.807, 2.05) is 6.92 Å². The van der Waals surface area contributed by atoms with Crippen LogP contribution in [0.25, 0.3) is 0 Å². The molecule has 0 fully saturated rings. The van der Waals surface area contributed by atoms with Gasteiger partial charge in [-0.25, -0.2) is 4.98 Å². The highest BCUT2D eigenvalue weighted by atomic mass is 35.5. The Morgan fingerprint density at radius 1 is 1.67 bits per heavy atom. The Balaban J connectivity index is 2.37. The first-order chi connectivity index (χ1) is 5.75. The molecular formula is C7H7ClN2O2. The Morgan fingerprint density at radius 2 is 2.50 bits per heavy atom. The van der Waals surface area contributed by atoms with Crippen molar-refractivity contribution in [3.8, 4) is 11.6 Å². The van der Waals surface area contributed by atoms with Crippen LogP contribution in [0.4, 0.5) is 0 Å². The molecule has 5 heteroatoms. The van der Waals surface area contributed by atoms with E-state index in [-0.39, 0.29) is 11.4 Å². The van der Waals surface area contributed by atoms with Crippen LogP contribution in [0, 0.1) is 0 Å². The monoisotopic (exact) mass is 186 g/mol. The molecule has 1 atom stereocenters. The van der Waals surface area contributed by atoms with E-state index in [9.17, 15) is 0 Å². The molecule has 0 saturated carbocycles. The summed E-state index contributed by atoms with van der Waals surface area (Å²) < 4.78 is 10.6. The molecule has 0 aromatic carbocycles. The predicted octanol–water partition coefficient (Wildman–Crippen LogP) is 1.29. The fourth-order valence-corrected chi connectivity index (χ4v) is 1.08. The molecule has 12 heavy (non-hydrogen) atoms. The number of aromatic nitrogens is 2. The Labute approximate surface area is 74.5 Å². The molecule has 0 aliphatic carbocycles. The molecule has 0 radical (unpaired) electrons. The minimum absolute atomic E-state index is 0.0171. The quantitative estimate of drug-likeness (QED) is 0.573. The first kappa shape index (κ1) is 7.61. The Bertz CT molecular complexity index is 305. The van der Waals surface area contributed by atoms with Gasteiger partial charge in [-0.05, 0) is 18.5 Å². The van der Waals surface area contributed by atoms with Gasteiger partial charge in [-0.1, -0.05) is 0 Å². The lowest BCUT2D eigenvalue weighted by Crippen LogP contribution is -2.26. The average molecular weight is 187 g/mol. The van der Waals surface area contributed by atoms with Gasteiger partial charge >= 0.3 is 0 Å². The van der Waals surface area contributed by atoms with Crippen molar-refractivity contribution < 1.29 is 9.47 Å². The fraction of sp³-hybridized carbons (Fsp3) is 0.429. The van der Waals surface area contributed by atoms with Gasteiger partial charge in [0.1, 0.15) is 12.7 Å². The second-order valence-electron chi connectivity index (χ2n) is 2.55. The van der Waals surface area contributed by atoms with E-state index in [0.29, 0.717) is 18.2 Å². The van der Waals surface area contributed by atoms with Gasteiger partial charge in [-0.15, -0.1) is 0 Å². The third-order valence-electron chi connectivity index (χ3n) is 1.48. The van der Waals surface area contributed by atoms with E-state index in [4.69, 9.17) is 21.1 Å². The number of hydrogen-bond donors (Lipinski definition) is 0. The molecular weight excluding hydrogens is 180 g/mol. The third-order valence-corrected chi connectivity index (χ3v) is 1.66. The SMILES string of the molecule is C[C@H]1COc2cnc(Cl)nc2O1. The van der Waals surface area contributed by atoms with Crippen molar-refractivity contribution in [2.45, 2.75) is 13.0 Å². The van der Waals surface area contributed by atoms with Crippen LogP contribution in [0.2, 0.25) is 5.28 Å². The van der Waals surface area contributed by atoms with Crippen molar-refractivity contribution in [1.82, 2.24) is 9.97 Å². The van der Waals surface area contributed by atoms with Crippen molar-refractivity contribution >= 4 is 11.6 Å². The summed E-state index contributed by atoms with van der Waals surface area (Å²) in [6.45, 7) is 2.43. The highest BCUT2D eigenvalue weighted by molar-refractivity contribution is 6.28. The molecule has 0 saturated heterocycles. The van der Waals surface area contributed by atoms with Crippen molar-refractivity contribution in [2.24, 2.45) is 0 Å². The average Bonchev–Trinajstić information content (AvgIpc) is 2.03. The molecule has 2 heterocycles. The van der Waals surface area contributed by atoms with Crippen LogP contribution >= 0.6 is 11.6 Å². The number of hydrogen-bond acceptors (Lipinski definition) is 4. The van der Waals surface area contributed by atoms with Crippen molar-refractivity contribution in [2.75, 3.05) is 6.61 Å². The van der Waals surface area contributed by atoms with Crippen molar-refractivity contribution in [1.29, 1.82) is 0 Å². The number of rotatable bonds is 0. The summed E-state index contributed by atoms with van der Waals surface area (Å²) in [5.74, 6) is 0.978. The second-order valence-corrected chi connectivity index (χ2v) is 2.89. The molecule has 4 nitrogen and oxygen atoms in total. The standard InChI is InChI=1S/C7H7ClN2O2/c1-4-3-11-5-2-9-7(8)10-6(5)12-4/h2,4H,3H2,1H3/t4-/m0/s1. The largest absolute Gasteiger partial charge is 0.483 e. The van der Waals surface area contributed by atoms with Gasteiger partial charge in [-0.2, -0.15) is 4.98 Å². The molecule has 0 unspecified atom stereocenters. The Morgan fingerprint density at radius 3 is 3.33 bits per heavy atom. The molecule has 1 aromatic rings. The summed E-state index contributed by atoms with van der Waals surface area (Å²) >= 11 is 5.57. The summed E-state index contributed by atoms with van der Waals surface area (Å²) in [4.78, 5) is 7.64. The molecule has 1 aliphatic rings. The van der Waals surface area contributed by atoms with E-state index in [1.165, 1.54) is 6.20 Å². The highest BCUT2D eigenvalue weighted by Gasteiger charge is 2.18. The van der Waals surface area contributed by atoms with Gasteiger partial charge in [0.05, 0.1) is 6.20 Å². The number of halogens is 1. The van der Waals surface area contributed by atoms with E-state index < -0.39 is 0 Å². The Hall–Kier alpha value is -1.03. The molecule has 1 aromatic heterocycles. The van der Waals surface area contributed by atoms with Gasteiger partial charge in [0.2, 0.25) is 5.28 Å². The topological polar surface area (TPSA) is 44.2 Å². The molecule has 1 aliphatic heterocycles. The minimum Gasteiger partial charge on any atom is -0.483 e. The molecule has 0 amide bonds.